The third kappa shape index (κ3) is 5.94. The zero-order valence-electron chi connectivity index (χ0n) is 22.1. The van der Waals surface area contributed by atoms with Crippen molar-refractivity contribution in [2.75, 3.05) is 7.11 Å². The molecule has 3 saturated carbocycles. The lowest BCUT2D eigenvalue weighted by Gasteiger charge is -2.34. The van der Waals surface area contributed by atoms with Gasteiger partial charge in [0, 0.05) is 12.1 Å². The van der Waals surface area contributed by atoms with E-state index in [9.17, 15) is 37.1 Å². The number of carboxylic acids is 1. The average molecular weight is 559 g/mol. The number of rotatable bonds is 8. The minimum Gasteiger partial charge on any atom is -0.496 e. The lowest BCUT2D eigenvalue weighted by Crippen LogP contribution is -2.53. The van der Waals surface area contributed by atoms with Gasteiger partial charge >= 0.3 is 12.1 Å². The van der Waals surface area contributed by atoms with Gasteiger partial charge in [0.25, 0.3) is 5.91 Å². The van der Waals surface area contributed by atoms with E-state index in [0.717, 1.165) is 19.4 Å². The number of benzene rings is 1. The number of carbonyl (C=O) groups is 3. The van der Waals surface area contributed by atoms with E-state index in [1.165, 1.54) is 13.2 Å². The maximum Gasteiger partial charge on any atom is 0.408 e. The summed E-state index contributed by atoms with van der Waals surface area (Å²) in [5.74, 6) is -4.33. The number of amides is 2. The minimum atomic E-state index is -4.59. The number of aliphatic carboxylic acids is 1. The van der Waals surface area contributed by atoms with Crippen molar-refractivity contribution in [3.05, 3.63) is 23.5 Å². The summed E-state index contributed by atoms with van der Waals surface area (Å²) in [6.45, 7) is 2.53. The van der Waals surface area contributed by atoms with Crippen LogP contribution in [-0.2, 0) is 9.59 Å². The number of hydrogen-bond donors (Lipinski definition) is 3. The highest BCUT2D eigenvalue weighted by Gasteiger charge is 2.52. The van der Waals surface area contributed by atoms with Crippen LogP contribution in [0.5, 0.6) is 11.5 Å². The Balaban J connectivity index is 1.50. The molecule has 0 spiro atoms. The third-order valence-electron chi connectivity index (χ3n) is 8.71. The molecular weight excluding hydrogens is 524 g/mol. The number of nitrogens with one attached hydrogen (secondary N) is 2. The van der Waals surface area contributed by atoms with Crippen molar-refractivity contribution in [1.82, 2.24) is 10.6 Å². The first kappa shape index (κ1) is 28.9. The number of hydrogen-bond acceptors (Lipinski definition) is 5. The highest BCUT2D eigenvalue weighted by Crippen LogP contribution is 2.49. The Morgan fingerprint density at radius 3 is 2.31 bits per heavy atom. The van der Waals surface area contributed by atoms with Crippen LogP contribution in [-0.4, -0.2) is 54.4 Å². The zero-order chi connectivity index (χ0) is 28.7. The smallest absolute Gasteiger partial charge is 0.408 e. The van der Waals surface area contributed by atoms with E-state index in [4.69, 9.17) is 9.47 Å². The van der Waals surface area contributed by atoms with Crippen molar-refractivity contribution in [3.63, 3.8) is 0 Å². The monoisotopic (exact) mass is 558 g/mol. The molecule has 1 aromatic rings. The van der Waals surface area contributed by atoms with Crippen molar-refractivity contribution < 1.29 is 46.5 Å². The number of carbonyl (C=O) groups excluding carboxylic acids is 2. The number of ether oxygens (including phenoxy) is 2. The molecule has 5 unspecified atom stereocenters. The molecule has 0 saturated heterocycles. The summed E-state index contributed by atoms with van der Waals surface area (Å²) >= 11 is 0. The van der Waals surface area contributed by atoms with Gasteiger partial charge in [-0.2, -0.15) is 13.2 Å². The SMILES string of the molecule is COc1cc(F)c(OC2CCC(C)(C(=O)O)CC2)cc1C(=O)NC1C2CCC(C2)C1C(=O)NC(C)C(F)(F)F. The molecule has 2 bridgehead atoms. The molecule has 2 amide bonds. The number of carboxylic acid groups (broad SMARTS) is 1. The second-order valence-corrected chi connectivity index (χ2v) is 11.3. The predicted molar refractivity (Wildman–Crippen MR) is 131 cm³/mol. The van der Waals surface area contributed by atoms with E-state index < -0.39 is 59.3 Å². The largest absolute Gasteiger partial charge is 0.496 e. The maximum absolute atomic E-state index is 14.9. The van der Waals surface area contributed by atoms with Crippen molar-refractivity contribution in [2.24, 2.45) is 23.2 Å². The number of fused-ring (bicyclic) bond motifs is 2. The van der Waals surface area contributed by atoms with E-state index in [-0.39, 0.29) is 28.9 Å². The fourth-order valence-corrected chi connectivity index (χ4v) is 6.21. The van der Waals surface area contributed by atoms with Gasteiger partial charge in [-0.1, -0.05) is 0 Å². The van der Waals surface area contributed by atoms with Crippen LogP contribution in [0.3, 0.4) is 0 Å². The number of methoxy groups -OCH3 is 1. The minimum absolute atomic E-state index is 0.0364. The van der Waals surface area contributed by atoms with E-state index >= 15 is 0 Å². The second-order valence-electron chi connectivity index (χ2n) is 11.3. The van der Waals surface area contributed by atoms with E-state index in [1.54, 1.807) is 6.92 Å². The highest BCUT2D eigenvalue weighted by atomic mass is 19.4. The van der Waals surface area contributed by atoms with Gasteiger partial charge < -0.3 is 25.2 Å². The van der Waals surface area contributed by atoms with Crippen molar-refractivity contribution >= 4 is 17.8 Å². The first-order valence-corrected chi connectivity index (χ1v) is 13.2. The zero-order valence-corrected chi connectivity index (χ0v) is 22.1. The molecule has 5 atom stereocenters. The molecule has 0 aliphatic heterocycles. The molecule has 3 aliphatic carbocycles. The van der Waals surface area contributed by atoms with Crippen LogP contribution in [0.2, 0.25) is 0 Å². The van der Waals surface area contributed by atoms with Crippen LogP contribution < -0.4 is 20.1 Å². The van der Waals surface area contributed by atoms with Crippen LogP contribution in [0.4, 0.5) is 17.6 Å². The second kappa shape index (κ2) is 10.8. The Kier molecular flexibility index (Phi) is 8.05. The first-order valence-electron chi connectivity index (χ1n) is 13.2. The summed E-state index contributed by atoms with van der Waals surface area (Å²) in [5.41, 5.74) is -0.907. The maximum atomic E-state index is 14.9. The Morgan fingerprint density at radius 1 is 1.08 bits per heavy atom. The van der Waals surface area contributed by atoms with Gasteiger partial charge in [-0.3, -0.25) is 14.4 Å². The van der Waals surface area contributed by atoms with Gasteiger partial charge in [-0.15, -0.1) is 0 Å². The molecule has 3 N–H and O–H groups in total. The predicted octanol–water partition coefficient (Wildman–Crippen LogP) is 4.46. The topological polar surface area (TPSA) is 114 Å². The standard InChI is InChI=1S/C27H34F4N2O6/c1-13(27(29,30)31)32-24(35)21-14-4-5-15(10-14)22(21)33-23(34)17-11-20(18(28)12-19(17)38-3)39-16-6-8-26(2,9-7-16)25(36)37/h11-16,21-22H,4-10H2,1-3H3,(H,32,35)(H,33,34)(H,36,37). The molecule has 1 aromatic carbocycles. The van der Waals surface area contributed by atoms with Crippen LogP contribution in [0, 0.1) is 29.0 Å². The molecule has 12 heteroatoms. The molecule has 0 heterocycles. The van der Waals surface area contributed by atoms with Gasteiger partial charge in [0.1, 0.15) is 11.8 Å². The van der Waals surface area contributed by atoms with E-state index in [1.807, 2.05) is 5.32 Å². The number of halogens is 4. The van der Waals surface area contributed by atoms with Crippen LogP contribution >= 0.6 is 0 Å². The molecular formula is C27H34F4N2O6. The van der Waals surface area contributed by atoms with Gasteiger partial charge in [0.15, 0.2) is 11.6 Å². The Morgan fingerprint density at radius 2 is 1.72 bits per heavy atom. The van der Waals surface area contributed by atoms with Crippen LogP contribution in [0.15, 0.2) is 12.1 Å². The normalized spacial score (nSPS) is 30.9. The van der Waals surface area contributed by atoms with Crippen LogP contribution in [0.25, 0.3) is 0 Å². The summed E-state index contributed by atoms with van der Waals surface area (Å²) in [4.78, 5) is 37.7. The molecule has 0 radical (unpaired) electrons. The van der Waals surface area contributed by atoms with Gasteiger partial charge in [-0.25, -0.2) is 4.39 Å². The fourth-order valence-electron chi connectivity index (χ4n) is 6.21. The quantitative estimate of drug-likeness (QED) is 0.406. The fraction of sp³-hybridized carbons (Fsp3) is 0.667. The summed E-state index contributed by atoms with van der Waals surface area (Å²) < 4.78 is 65.0. The van der Waals surface area contributed by atoms with E-state index in [2.05, 4.69) is 5.32 Å². The lowest BCUT2D eigenvalue weighted by molar-refractivity contribution is -0.160. The molecule has 216 valence electrons. The molecule has 4 rings (SSSR count). The molecule has 3 fully saturated rings. The van der Waals surface area contributed by atoms with Gasteiger partial charge in [-0.05, 0) is 76.7 Å². The number of alkyl halides is 3. The van der Waals surface area contributed by atoms with Gasteiger partial charge in [0.05, 0.1) is 30.1 Å². The first-order chi connectivity index (χ1) is 18.2. The summed E-state index contributed by atoms with van der Waals surface area (Å²) in [5, 5.41) is 14.3. The van der Waals surface area contributed by atoms with Crippen molar-refractivity contribution in [3.8, 4) is 11.5 Å². The average Bonchev–Trinajstić information content (AvgIpc) is 3.47. The molecule has 8 nitrogen and oxygen atoms in total. The van der Waals surface area contributed by atoms with Crippen molar-refractivity contribution in [1.29, 1.82) is 0 Å². The third-order valence-corrected chi connectivity index (χ3v) is 8.71. The Bertz CT molecular complexity index is 1120. The summed E-state index contributed by atoms with van der Waals surface area (Å²) in [6, 6.07) is -0.471. The molecule has 0 aromatic heterocycles. The summed E-state index contributed by atoms with van der Waals surface area (Å²) in [6.07, 6.45) is -1.47. The lowest BCUT2D eigenvalue weighted by atomic mass is 9.75. The Labute approximate surface area is 223 Å². The van der Waals surface area contributed by atoms with Crippen LogP contribution in [0.1, 0.15) is 69.2 Å². The Hall–Kier alpha value is -3.05. The van der Waals surface area contributed by atoms with Crippen molar-refractivity contribution in [2.45, 2.75) is 83.2 Å². The molecule has 39 heavy (non-hydrogen) atoms. The van der Waals surface area contributed by atoms with E-state index in [0.29, 0.717) is 38.5 Å². The molecule has 3 aliphatic rings. The highest BCUT2D eigenvalue weighted by molar-refractivity contribution is 5.98. The van der Waals surface area contributed by atoms with Gasteiger partial charge in [0.2, 0.25) is 5.91 Å². The summed E-state index contributed by atoms with van der Waals surface area (Å²) in [7, 11) is 1.27.